The first kappa shape index (κ1) is 11.4. The van der Waals surface area contributed by atoms with Gasteiger partial charge in [-0.05, 0) is 6.07 Å². The summed E-state index contributed by atoms with van der Waals surface area (Å²) >= 11 is 5.79. The summed E-state index contributed by atoms with van der Waals surface area (Å²) in [5, 5.41) is 9.57. The Morgan fingerprint density at radius 1 is 1.69 bits per heavy atom. The van der Waals surface area contributed by atoms with E-state index >= 15 is 0 Å². The molecule has 0 saturated carbocycles. The molecular weight excluding hydrogens is 230 g/mol. The second kappa shape index (κ2) is 4.86. The van der Waals surface area contributed by atoms with Crippen LogP contribution in [0.4, 0.5) is 11.5 Å². The summed E-state index contributed by atoms with van der Waals surface area (Å²) in [4.78, 5) is 6.20. The lowest BCUT2D eigenvalue weighted by Gasteiger charge is -2.33. The van der Waals surface area contributed by atoms with E-state index in [1.165, 1.54) is 0 Å². The highest BCUT2D eigenvalue weighted by Crippen LogP contribution is 2.24. The molecule has 1 aliphatic heterocycles. The van der Waals surface area contributed by atoms with Gasteiger partial charge in [-0.25, -0.2) is 4.98 Å². The Morgan fingerprint density at radius 2 is 2.50 bits per heavy atom. The highest BCUT2D eigenvalue weighted by molar-refractivity contribution is 6.30. The van der Waals surface area contributed by atoms with Crippen molar-refractivity contribution >= 4 is 23.1 Å². The second-order valence-corrected chi connectivity index (χ2v) is 4.12. The fourth-order valence-electron chi connectivity index (χ4n) is 1.73. The quantitative estimate of drug-likeness (QED) is 0.792. The van der Waals surface area contributed by atoms with Crippen LogP contribution >= 0.6 is 11.6 Å². The lowest BCUT2D eigenvalue weighted by molar-refractivity contribution is 0.00340. The van der Waals surface area contributed by atoms with Gasteiger partial charge in [-0.3, -0.25) is 0 Å². The molecule has 5 nitrogen and oxygen atoms in total. The molecule has 88 valence electrons. The van der Waals surface area contributed by atoms with Gasteiger partial charge in [0.25, 0.3) is 0 Å². The highest BCUT2D eigenvalue weighted by atomic mass is 35.5. The zero-order chi connectivity index (χ0) is 11.5. The van der Waals surface area contributed by atoms with Crippen molar-refractivity contribution in [1.82, 2.24) is 4.98 Å². The van der Waals surface area contributed by atoms with Gasteiger partial charge in [0.2, 0.25) is 0 Å². The van der Waals surface area contributed by atoms with Crippen LogP contribution in [0.2, 0.25) is 5.02 Å². The van der Waals surface area contributed by atoms with Crippen molar-refractivity contribution in [3.05, 3.63) is 17.3 Å². The largest absolute Gasteiger partial charge is 0.396 e. The van der Waals surface area contributed by atoms with E-state index in [2.05, 4.69) is 4.98 Å². The fraction of sp³-hybridized carbons (Fsp3) is 0.500. The maximum absolute atomic E-state index is 9.04. The molecule has 1 unspecified atom stereocenters. The van der Waals surface area contributed by atoms with Crippen LogP contribution in [0.1, 0.15) is 0 Å². The molecule has 0 aromatic carbocycles. The molecule has 0 spiro atoms. The van der Waals surface area contributed by atoms with Gasteiger partial charge in [-0.2, -0.15) is 0 Å². The molecular formula is C10H14ClN3O2. The molecule has 16 heavy (non-hydrogen) atoms. The van der Waals surface area contributed by atoms with Gasteiger partial charge in [0.1, 0.15) is 0 Å². The fourth-order valence-corrected chi connectivity index (χ4v) is 1.90. The third-order valence-corrected chi connectivity index (χ3v) is 2.71. The number of pyridine rings is 1. The lowest BCUT2D eigenvalue weighted by atomic mass is 10.2. The second-order valence-electron chi connectivity index (χ2n) is 3.69. The molecule has 1 saturated heterocycles. The number of nitrogen functional groups attached to an aromatic ring is 1. The van der Waals surface area contributed by atoms with Gasteiger partial charge in [0.05, 0.1) is 30.0 Å². The molecule has 2 heterocycles. The van der Waals surface area contributed by atoms with Crippen molar-refractivity contribution in [3.63, 3.8) is 0 Å². The number of nitrogens with zero attached hydrogens (tertiary/aromatic N) is 2. The first-order chi connectivity index (χ1) is 7.70. The lowest BCUT2D eigenvalue weighted by Crippen LogP contribution is -2.44. The number of ether oxygens (including phenoxy) is 1. The van der Waals surface area contributed by atoms with E-state index < -0.39 is 0 Å². The van der Waals surface area contributed by atoms with Gasteiger partial charge in [0, 0.05) is 19.3 Å². The van der Waals surface area contributed by atoms with Crippen LogP contribution in [0.3, 0.4) is 0 Å². The number of nitrogens with two attached hydrogens (primary N) is 1. The van der Waals surface area contributed by atoms with E-state index in [1.807, 2.05) is 4.90 Å². The molecule has 3 N–H and O–H groups in total. The maximum Gasteiger partial charge on any atom is 0.152 e. The van der Waals surface area contributed by atoms with Crippen LogP contribution in [0, 0.1) is 0 Å². The number of rotatable bonds is 2. The minimum atomic E-state index is -0.175. The van der Waals surface area contributed by atoms with E-state index in [-0.39, 0.29) is 12.7 Å². The first-order valence-corrected chi connectivity index (χ1v) is 5.47. The number of aromatic nitrogens is 1. The van der Waals surface area contributed by atoms with E-state index in [0.717, 1.165) is 6.54 Å². The predicted octanol–water partition coefficient (Wildman–Crippen LogP) is 0.515. The van der Waals surface area contributed by atoms with Crippen molar-refractivity contribution in [3.8, 4) is 0 Å². The summed E-state index contributed by atoms with van der Waals surface area (Å²) in [5.74, 6) is 0.700. The molecule has 2 rings (SSSR count). The third-order valence-electron chi connectivity index (χ3n) is 2.50. The minimum Gasteiger partial charge on any atom is -0.396 e. The highest BCUT2D eigenvalue weighted by Gasteiger charge is 2.22. The molecule has 1 aromatic rings. The number of aliphatic hydroxyl groups excluding tert-OH is 1. The average molecular weight is 244 g/mol. The van der Waals surface area contributed by atoms with Gasteiger partial charge < -0.3 is 20.5 Å². The Morgan fingerprint density at radius 3 is 3.19 bits per heavy atom. The van der Waals surface area contributed by atoms with Crippen LogP contribution in [0.5, 0.6) is 0 Å². The molecule has 0 radical (unpaired) electrons. The Labute approximate surface area is 98.8 Å². The van der Waals surface area contributed by atoms with Crippen LogP contribution in [-0.2, 0) is 4.74 Å². The SMILES string of the molecule is Nc1cc(Cl)cnc1N1CCOC(CO)C1. The van der Waals surface area contributed by atoms with Crippen LogP contribution in [-0.4, -0.2) is 42.5 Å². The topological polar surface area (TPSA) is 71.6 Å². The Bertz CT molecular complexity index is 375. The molecule has 0 amide bonds. The number of anilines is 2. The predicted molar refractivity (Wildman–Crippen MR) is 62.7 cm³/mol. The number of aliphatic hydroxyl groups is 1. The minimum absolute atomic E-state index is 0.00396. The van der Waals surface area contributed by atoms with E-state index in [0.29, 0.717) is 29.7 Å². The van der Waals surface area contributed by atoms with Gasteiger partial charge in [-0.15, -0.1) is 0 Å². The number of hydrogen-bond donors (Lipinski definition) is 2. The molecule has 1 atom stereocenters. The van der Waals surface area contributed by atoms with Gasteiger partial charge >= 0.3 is 0 Å². The summed E-state index contributed by atoms with van der Waals surface area (Å²) in [6, 6.07) is 1.67. The Kier molecular flexibility index (Phi) is 3.48. The Hall–Kier alpha value is -1.04. The van der Waals surface area contributed by atoms with Gasteiger partial charge in [-0.1, -0.05) is 11.6 Å². The van der Waals surface area contributed by atoms with Gasteiger partial charge in [0.15, 0.2) is 5.82 Å². The smallest absolute Gasteiger partial charge is 0.152 e. The monoisotopic (exact) mass is 243 g/mol. The zero-order valence-corrected chi connectivity index (χ0v) is 9.52. The summed E-state index contributed by atoms with van der Waals surface area (Å²) in [5.41, 5.74) is 6.39. The van der Waals surface area contributed by atoms with Crippen LogP contribution in [0.15, 0.2) is 12.3 Å². The molecule has 1 fully saturated rings. The average Bonchev–Trinajstić information content (AvgIpc) is 2.29. The number of hydrogen-bond acceptors (Lipinski definition) is 5. The molecule has 1 aliphatic rings. The summed E-state index contributed by atoms with van der Waals surface area (Å²) < 4.78 is 5.36. The van der Waals surface area contributed by atoms with Crippen molar-refractivity contribution in [2.75, 3.05) is 36.9 Å². The van der Waals surface area contributed by atoms with E-state index in [9.17, 15) is 0 Å². The van der Waals surface area contributed by atoms with Crippen LogP contribution in [0.25, 0.3) is 0 Å². The zero-order valence-electron chi connectivity index (χ0n) is 8.77. The molecule has 0 aliphatic carbocycles. The van der Waals surface area contributed by atoms with Crippen molar-refractivity contribution in [2.24, 2.45) is 0 Å². The van der Waals surface area contributed by atoms with E-state index in [4.69, 9.17) is 27.2 Å². The van der Waals surface area contributed by atoms with E-state index in [1.54, 1.807) is 12.3 Å². The number of morpholine rings is 1. The summed E-state index contributed by atoms with van der Waals surface area (Å²) in [7, 11) is 0. The molecule has 1 aromatic heterocycles. The number of halogens is 1. The van der Waals surface area contributed by atoms with Crippen molar-refractivity contribution in [2.45, 2.75) is 6.10 Å². The van der Waals surface area contributed by atoms with Crippen molar-refractivity contribution < 1.29 is 9.84 Å². The molecule has 6 heteroatoms. The van der Waals surface area contributed by atoms with Crippen molar-refractivity contribution in [1.29, 1.82) is 0 Å². The third kappa shape index (κ3) is 2.37. The maximum atomic E-state index is 9.04. The summed E-state index contributed by atoms with van der Waals surface area (Å²) in [6.07, 6.45) is 1.39. The standard InChI is InChI=1S/C10H14ClN3O2/c11-7-3-9(12)10(13-4-7)14-1-2-16-8(5-14)6-15/h3-4,8,15H,1-2,5-6,12H2. The first-order valence-electron chi connectivity index (χ1n) is 5.09. The summed E-state index contributed by atoms with van der Waals surface area (Å²) in [6.45, 7) is 1.88. The normalized spacial score (nSPS) is 21.1. The van der Waals surface area contributed by atoms with Crippen LogP contribution < -0.4 is 10.6 Å². The molecule has 0 bridgehead atoms. The Balaban J connectivity index is 2.16.